The lowest BCUT2D eigenvalue weighted by Crippen LogP contribution is -2.49. The minimum atomic E-state index is -1.55. The third-order valence-corrected chi connectivity index (χ3v) is 6.85. The van der Waals surface area contributed by atoms with Crippen LogP contribution >= 0.6 is 0 Å². The number of nitrogens with zero attached hydrogens (tertiary/aromatic N) is 4. The monoisotopic (exact) mass is 705 g/mol. The van der Waals surface area contributed by atoms with Gasteiger partial charge in [0.1, 0.15) is 17.9 Å². The van der Waals surface area contributed by atoms with Crippen LogP contribution in [-0.2, 0) is 30.6 Å². The maximum Gasteiger partial charge on any atom is 0.328 e. The first-order chi connectivity index (χ1) is 24.4. The fourth-order valence-electron chi connectivity index (χ4n) is 4.24. The molecule has 0 radical (unpaired) electrons. The summed E-state index contributed by atoms with van der Waals surface area (Å²) in [5.74, 6) is -5.74. The number of hydrogen-bond donors (Lipinski definition) is 8. The molecule has 0 saturated carbocycles. The van der Waals surface area contributed by atoms with Crippen molar-refractivity contribution in [2.75, 3.05) is 24.2 Å². The van der Waals surface area contributed by atoms with Crippen LogP contribution in [0.2, 0.25) is 0 Å². The Labute approximate surface area is 286 Å². The van der Waals surface area contributed by atoms with Crippen molar-refractivity contribution in [2.24, 2.45) is 5.16 Å². The van der Waals surface area contributed by atoms with Crippen LogP contribution in [0.3, 0.4) is 0 Å². The number of aromatic nitrogens is 4. The lowest BCUT2D eigenvalue weighted by atomic mass is 10.1. The lowest BCUT2D eigenvalue weighted by Gasteiger charge is -2.17. The number of nitrogens with one attached hydrogen (secondary N) is 5. The molecule has 3 amide bonds. The van der Waals surface area contributed by atoms with E-state index in [1.165, 1.54) is 48.8 Å². The number of H-pyrrole nitrogens is 1. The van der Waals surface area contributed by atoms with Crippen molar-refractivity contribution in [2.45, 2.75) is 31.5 Å². The Morgan fingerprint density at radius 3 is 2.35 bits per heavy atom. The fourth-order valence-corrected chi connectivity index (χ4v) is 4.24. The number of amides is 3. The number of carboxylic acids is 2. The second-order valence-corrected chi connectivity index (χ2v) is 10.6. The van der Waals surface area contributed by atoms with Gasteiger partial charge < -0.3 is 42.1 Å². The van der Waals surface area contributed by atoms with E-state index < -0.39 is 72.7 Å². The van der Waals surface area contributed by atoms with Gasteiger partial charge in [0.25, 0.3) is 17.4 Å². The van der Waals surface area contributed by atoms with Gasteiger partial charge in [-0.3, -0.25) is 24.2 Å². The van der Waals surface area contributed by atoms with E-state index in [0.29, 0.717) is 16.9 Å². The van der Waals surface area contributed by atoms with Crippen molar-refractivity contribution in [3.8, 4) is 0 Å². The van der Waals surface area contributed by atoms with Crippen molar-refractivity contribution in [3.05, 3.63) is 87.7 Å². The minimum absolute atomic E-state index is 0.0151. The molecule has 2 aromatic heterocycles. The van der Waals surface area contributed by atoms with Gasteiger partial charge in [-0.1, -0.05) is 17.3 Å². The molecule has 0 fully saturated rings. The van der Waals surface area contributed by atoms with E-state index >= 15 is 0 Å². The number of aliphatic carboxylic acids is 2. The number of hydrogen-bond acceptors (Lipinski definition) is 13. The summed E-state index contributed by atoms with van der Waals surface area (Å²) in [5, 5.41) is 32.4. The zero-order chi connectivity index (χ0) is 36.9. The minimum Gasteiger partial charge on any atom is -0.480 e. The van der Waals surface area contributed by atoms with Crippen molar-refractivity contribution < 1.29 is 43.4 Å². The number of nitrogens with two attached hydrogens (primary N) is 1. The molecule has 0 spiro atoms. The van der Waals surface area contributed by atoms with E-state index in [2.05, 4.69) is 46.4 Å². The topological polar surface area (TPSA) is 293 Å². The summed E-state index contributed by atoms with van der Waals surface area (Å²) in [6, 6.07) is 8.21. The van der Waals surface area contributed by atoms with E-state index in [9.17, 15) is 43.4 Å². The predicted molar refractivity (Wildman–Crippen MR) is 177 cm³/mol. The van der Waals surface area contributed by atoms with E-state index in [1.807, 2.05) is 0 Å². The molecule has 9 N–H and O–H groups in total. The first-order valence-electron chi connectivity index (χ1n) is 15.0. The van der Waals surface area contributed by atoms with Crippen LogP contribution in [0, 0.1) is 5.82 Å². The molecule has 0 unspecified atom stereocenters. The number of benzene rings is 2. The molecule has 0 bridgehead atoms. The highest BCUT2D eigenvalue weighted by molar-refractivity contribution is 5.97. The number of nitrogen functional groups attached to an aromatic ring is 1. The van der Waals surface area contributed by atoms with Crippen LogP contribution in [-0.4, -0.2) is 91.3 Å². The first-order valence-corrected chi connectivity index (χ1v) is 15.0. The normalized spacial score (nSPS) is 12.1. The number of rotatable bonds is 17. The van der Waals surface area contributed by atoms with Gasteiger partial charge in [-0.15, -0.1) is 0 Å². The molecule has 20 heteroatoms. The molecule has 2 heterocycles. The SMILES string of the molecule is Nc1nc2ncc(CNc3ccc(C(=O)N[C@@H](CCC(=O)N[C@@H](CNC(=O)CO/N=C/c4ccc([18F])cc4)C(=O)O)C(=O)O)cc3)nc2c(=O)[nH]1. The number of carboxylic acid groups (broad SMARTS) is 2. The van der Waals surface area contributed by atoms with E-state index in [4.69, 9.17) is 10.6 Å². The van der Waals surface area contributed by atoms with Crippen molar-refractivity contribution in [3.63, 3.8) is 0 Å². The van der Waals surface area contributed by atoms with Crippen molar-refractivity contribution in [1.82, 2.24) is 35.9 Å². The summed E-state index contributed by atoms with van der Waals surface area (Å²) >= 11 is 0. The number of aromatic amines is 1. The molecular weight excluding hydrogens is 674 g/mol. The summed E-state index contributed by atoms with van der Waals surface area (Å²) in [4.78, 5) is 92.1. The number of oxime groups is 1. The van der Waals surface area contributed by atoms with E-state index in [0.717, 1.165) is 0 Å². The number of carbonyl (C=O) groups is 5. The number of halogens is 1. The maximum absolute atomic E-state index is 12.9. The molecule has 2 aromatic carbocycles. The van der Waals surface area contributed by atoms with E-state index in [-0.39, 0.29) is 35.6 Å². The average Bonchev–Trinajstić information content (AvgIpc) is 3.10. The quantitative estimate of drug-likeness (QED) is 0.0519. The molecule has 19 nitrogen and oxygen atoms in total. The highest BCUT2D eigenvalue weighted by Crippen LogP contribution is 2.12. The van der Waals surface area contributed by atoms with Gasteiger partial charge in [-0.05, 0) is 48.4 Å². The van der Waals surface area contributed by atoms with Crippen molar-refractivity contribution >= 4 is 58.7 Å². The van der Waals surface area contributed by atoms with Gasteiger partial charge in [-0.25, -0.2) is 23.9 Å². The van der Waals surface area contributed by atoms with Gasteiger partial charge in [0.15, 0.2) is 17.8 Å². The van der Waals surface area contributed by atoms with Gasteiger partial charge in [0, 0.05) is 24.2 Å². The van der Waals surface area contributed by atoms with Crippen molar-refractivity contribution in [1.29, 1.82) is 0 Å². The van der Waals surface area contributed by atoms with Crippen LogP contribution < -0.4 is 32.6 Å². The Bertz CT molecular complexity index is 1990. The Kier molecular flexibility index (Phi) is 12.6. The predicted octanol–water partition coefficient (Wildman–Crippen LogP) is -0.254. The summed E-state index contributed by atoms with van der Waals surface area (Å²) < 4.78 is 12.9. The summed E-state index contributed by atoms with van der Waals surface area (Å²) in [7, 11) is 0. The van der Waals surface area contributed by atoms with E-state index in [1.54, 1.807) is 12.1 Å². The van der Waals surface area contributed by atoms with Crippen LogP contribution in [0.25, 0.3) is 11.2 Å². The summed E-state index contributed by atoms with van der Waals surface area (Å²) in [6.45, 7) is -0.923. The summed E-state index contributed by atoms with van der Waals surface area (Å²) in [6.07, 6.45) is 1.82. The van der Waals surface area contributed by atoms with Gasteiger partial charge in [0.05, 0.1) is 24.7 Å². The lowest BCUT2D eigenvalue weighted by molar-refractivity contribution is -0.142. The molecule has 0 aliphatic carbocycles. The second kappa shape index (κ2) is 17.4. The molecule has 0 aliphatic heterocycles. The van der Waals surface area contributed by atoms with Crippen LogP contribution in [0.1, 0.15) is 34.5 Å². The van der Waals surface area contributed by atoms with Crippen LogP contribution in [0.15, 0.2) is 64.7 Å². The Morgan fingerprint density at radius 2 is 1.67 bits per heavy atom. The Balaban J connectivity index is 1.20. The van der Waals surface area contributed by atoms with Gasteiger partial charge in [-0.2, -0.15) is 4.98 Å². The first kappa shape index (κ1) is 36.8. The molecule has 0 saturated heterocycles. The maximum atomic E-state index is 12.9. The molecular formula is C31H31FN10O9. The molecule has 4 aromatic rings. The van der Waals surface area contributed by atoms with Gasteiger partial charge in [0.2, 0.25) is 11.9 Å². The third-order valence-electron chi connectivity index (χ3n) is 6.85. The number of fused-ring (bicyclic) bond motifs is 1. The molecule has 51 heavy (non-hydrogen) atoms. The number of carbonyl (C=O) groups excluding carboxylic acids is 3. The van der Waals surface area contributed by atoms with Gasteiger partial charge >= 0.3 is 11.9 Å². The molecule has 4 rings (SSSR count). The largest absolute Gasteiger partial charge is 0.480 e. The zero-order valence-corrected chi connectivity index (χ0v) is 26.5. The Morgan fingerprint density at radius 1 is 0.961 bits per heavy atom. The average molecular weight is 706 g/mol. The highest BCUT2D eigenvalue weighted by Gasteiger charge is 2.25. The zero-order valence-electron chi connectivity index (χ0n) is 26.5. The summed E-state index contributed by atoms with van der Waals surface area (Å²) in [5.41, 5.74) is 6.69. The molecule has 266 valence electrons. The smallest absolute Gasteiger partial charge is 0.328 e. The van der Waals surface area contributed by atoms with Crippen LogP contribution in [0.4, 0.5) is 16.0 Å². The Hall–Kier alpha value is -6.99. The highest BCUT2D eigenvalue weighted by atomic mass is 18.2. The standard InChI is InChI=1S/C31H31FN10O9/c32-18-5-1-16(2-6-18)11-37-51-15-24(44)35-14-22(30(49)50)39-23(43)10-9-21(29(47)48)40-27(45)17-3-7-19(8-4-17)34-12-20-13-36-26-25(38-20)28(46)42-31(33)41-26/h1-8,11,13,21-22,34H,9-10,12,14-15H2,(H,35,44)(H,39,43)(H,40,45)(H,47,48)(H,49,50)(H3,33,36,41,42,46)/b37-11+/t21-,22-/m0/s1/i32-1. The third kappa shape index (κ3) is 11.3. The van der Waals surface area contributed by atoms with Crippen LogP contribution in [0.5, 0.6) is 0 Å². The fraction of sp³-hybridized carbons (Fsp3) is 0.226. The number of anilines is 2. The molecule has 2 atom stereocenters. The second-order valence-electron chi connectivity index (χ2n) is 10.6. The molecule has 0 aliphatic rings.